The molecule has 142 valence electrons. The maximum Gasteiger partial charge on any atom is 0.274 e. The van der Waals surface area contributed by atoms with E-state index in [2.05, 4.69) is 25.8 Å². The number of benzene rings is 1. The lowest BCUT2D eigenvalue weighted by Crippen LogP contribution is -2.56. The van der Waals surface area contributed by atoms with Crippen LogP contribution in [0.5, 0.6) is 0 Å². The average molecular weight is 386 g/mol. The van der Waals surface area contributed by atoms with E-state index in [-0.39, 0.29) is 5.91 Å². The Morgan fingerprint density at radius 3 is 2.70 bits per heavy atom. The molecule has 6 nitrogen and oxygen atoms in total. The summed E-state index contributed by atoms with van der Waals surface area (Å²) in [5.41, 5.74) is 1.62. The van der Waals surface area contributed by atoms with Crippen molar-refractivity contribution in [1.29, 1.82) is 0 Å². The highest BCUT2D eigenvalue weighted by atomic mass is 35.5. The Morgan fingerprint density at radius 1 is 1.11 bits per heavy atom. The standard InChI is InChI=1S/C20H24ClN5O/c21-16-3-1-4-17(13-16)24-9-11-25(12-10-24)18-5-2-8-26(15-18)20(27)19-14-22-6-7-23-19/h1,3-4,6-7,13-14,18H,2,5,8-12,15H2. The minimum Gasteiger partial charge on any atom is -0.369 e. The number of likely N-dealkylation sites (tertiary alicyclic amines) is 1. The van der Waals surface area contributed by atoms with E-state index in [1.54, 1.807) is 18.6 Å². The minimum atomic E-state index is -0.00892. The van der Waals surface area contributed by atoms with Crippen molar-refractivity contribution in [3.05, 3.63) is 53.6 Å². The molecule has 27 heavy (non-hydrogen) atoms. The van der Waals surface area contributed by atoms with E-state index in [1.807, 2.05) is 23.1 Å². The van der Waals surface area contributed by atoms with E-state index >= 15 is 0 Å². The third-order valence-electron chi connectivity index (χ3n) is 5.47. The van der Waals surface area contributed by atoms with E-state index in [9.17, 15) is 4.79 Å². The van der Waals surface area contributed by atoms with Crippen molar-refractivity contribution in [2.24, 2.45) is 0 Å². The Bertz CT molecular complexity index is 779. The number of aromatic nitrogens is 2. The number of rotatable bonds is 3. The number of nitrogens with zero attached hydrogens (tertiary/aromatic N) is 5. The van der Waals surface area contributed by atoms with Gasteiger partial charge in [-0.3, -0.25) is 14.7 Å². The molecule has 0 radical (unpaired) electrons. The lowest BCUT2D eigenvalue weighted by molar-refractivity contribution is 0.0558. The number of hydrogen-bond acceptors (Lipinski definition) is 5. The molecule has 0 aliphatic carbocycles. The Labute approximate surface area is 164 Å². The van der Waals surface area contributed by atoms with Gasteiger partial charge >= 0.3 is 0 Å². The minimum absolute atomic E-state index is 0.00892. The van der Waals surface area contributed by atoms with E-state index in [1.165, 1.54) is 5.69 Å². The van der Waals surface area contributed by atoms with Crippen LogP contribution in [0.1, 0.15) is 23.3 Å². The summed E-state index contributed by atoms with van der Waals surface area (Å²) in [7, 11) is 0. The van der Waals surface area contributed by atoms with Gasteiger partial charge in [0.2, 0.25) is 0 Å². The summed E-state index contributed by atoms with van der Waals surface area (Å²) >= 11 is 6.13. The van der Waals surface area contributed by atoms with Gasteiger partial charge in [-0.15, -0.1) is 0 Å². The molecule has 0 saturated carbocycles. The molecule has 2 aliphatic heterocycles. The number of carbonyl (C=O) groups is 1. The number of amides is 1. The first-order valence-electron chi connectivity index (χ1n) is 9.50. The third-order valence-corrected chi connectivity index (χ3v) is 5.71. The number of piperazine rings is 1. The van der Waals surface area contributed by atoms with Gasteiger partial charge in [-0.2, -0.15) is 0 Å². The molecule has 1 atom stereocenters. The van der Waals surface area contributed by atoms with E-state index < -0.39 is 0 Å². The molecule has 0 N–H and O–H groups in total. The van der Waals surface area contributed by atoms with Gasteiger partial charge in [0, 0.05) is 68.4 Å². The molecule has 0 spiro atoms. The van der Waals surface area contributed by atoms with Gasteiger partial charge in [0.05, 0.1) is 6.20 Å². The maximum atomic E-state index is 12.7. The molecule has 2 aliphatic rings. The van der Waals surface area contributed by atoms with Crippen LogP contribution in [0.25, 0.3) is 0 Å². The van der Waals surface area contributed by atoms with Crippen LogP contribution in [0.15, 0.2) is 42.9 Å². The first kappa shape index (κ1) is 18.2. The Kier molecular flexibility index (Phi) is 5.55. The van der Waals surface area contributed by atoms with E-state index in [0.717, 1.165) is 57.1 Å². The first-order valence-corrected chi connectivity index (χ1v) is 9.88. The molecule has 1 aromatic carbocycles. The third kappa shape index (κ3) is 4.22. The molecule has 4 rings (SSSR count). The molecule has 2 aromatic rings. The van der Waals surface area contributed by atoms with Crippen LogP contribution in [0.2, 0.25) is 5.02 Å². The second-order valence-corrected chi connectivity index (χ2v) is 7.58. The second-order valence-electron chi connectivity index (χ2n) is 7.14. The predicted molar refractivity (Wildman–Crippen MR) is 106 cm³/mol. The summed E-state index contributed by atoms with van der Waals surface area (Å²) in [4.78, 5) is 27.7. The number of halogens is 1. The maximum absolute atomic E-state index is 12.7. The van der Waals surface area contributed by atoms with E-state index in [0.29, 0.717) is 11.7 Å². The largest absolute Gasteiger partial charge is 0.369 e. The number of anilines is 1. The summed E-state index contributed by atoms with van der Waals surface area (Å²) in [6.07, 6.45) is 6.89. The van der Waals surface area contributed by atoms with Crippen LogP contribution in [-0.2, 0) is 0 Å². The SMILES string of the molecule is O=C(c1cnccn1)N1CCCC(N2CCN(c3cccc(Cl)c3)CC2)C1. The van der Waals surface area contributed by atoms with Crippen molar-refractivity contribution in [2.75, 3.05) is 44.2 Å². The number of carbonyl (C=O) groups excluding carboxylic acids is 1. The monoisotopic (exact) mass is 385 g/mol. The summed E-state index contributed by atoms with van der Waals surface area (Å²) in [5.74, 6) is -0.00892. The van der Waals surface area contributed by atoms with Gasteiger partial charge in [-0.05, 0) is 31.0 Å². The summed E-state index contributed by atoms with van der Waals surface area (Å²) in [5, 5.41) is 0.778. The van der Waals surface area contributed by atoms with Crippen molar-refractivity contribution in [3.8, 4) is 0 Å². The molecular weight excluding hydrogens is 362 g/mol. The van der Waals surface area contributed by atoms with Gasteiger partial charge in [0.15, 0.2) is 0 Å². The van der Waals surface area contributed by atoms with Crippen LogP contribution in [0.4, 0.5) is 5.69 Å². The fourth-order valence-electron chi connectivity index (χ4n) is 4.03. The first-order chi connectivity index (χ1) is 13.2. The van der Waals surface area contributed by atoms with Gasteiger partial charge in [0.25, 0.3) is 5.91 Å². The zero-order valence-electron chi connectivity index (χ0n) is 15.3. The average Bonchev–Trinajstić information content (AvgIpc) is 2.74. The van der Waals surface area contributed by atoms with Gasteiger partial charge in [-0.25, -0.2) is 4.98 Å². The van der Waals surface area contributed by atoms with Crippen LogP contribution in [-0.4, -0.2) is 71.0 Å². The normalized spacial score (nSPS) is 21.3. The second kappa shape index (κ2) is 8.23. The summed E-state index contributed by atoms with van der Waals surface area (Å²) in [6.45, 7) is 5.54. The Morgan fingerprint density at radius 2 is 1.96 bits per heavy atom. The molecule has 0 bridgehead atoms. The molecule has 2 saturated heterocycles. The quantitative estimate of drug-likeness (QED) is 0.812. The lowest BCUT2D eigenvalue weighted by Gasteiger charge is -2.43. The fraction of sp³-hybridized carbons (Fsp3) is 0.450. The van der Waals surface area contributed by atoms with Crippen LogP contribution < -0.4 is 4.90 Å². The van der Waals surface area contributed by atoms with Crippen LogP contribution in [0, 0.1) is 0 Å². The molecule has 1 amide bonds. The fourth-order valence-corrected chi connectivity index (χ4v) is 4.21. The highest BCUT2D eigenvalue weighted by molar-refractivity contribution is 6.30. The smallest absolute Gasteiger partial charge is 0.274 e. The molecule has 1 unspecified atom stereocenters. The summed E-state index contributed by atoms with van der Waals surface area (Å²) < 4.78 is 0. The van der Waals surface area contributed by atoms with Crippen molar-refractivity contribution in [1.82, 2.24) is 19.8 Å². The molecular formula is C20H24ClN5O. The Balaban J connectivity index is 1.35. The zero-order chi connectivity index (χ0) is 18.6. The van der Waals surface area contributed by atoms with Gasteiger partial charge in [0.1, 0.15) is 5.69 Å². The highest BCUT2D eigenvalue weighted by Crippen LogP contribution is 2.23. The Hall–Kier alpha value is -2.18. The van der Waals surface area contributed by atoms with Crippen LogP contribution >= 0.6 is 11.6 Å². The molecule has 2 fully saturated rings. The van der Waals surface area contributed by atoms with Crippen molar-refractivity contribution < 1.29 is 4.79 Å². The van der Waals surface area contributed by atoms with Crippen molar-refractivity contribution in [2.45, 2.75) is 18.9 Å². The van der Waals surface area contributed by atoms with Crippen molar-refractivity contribution >= 4 is 23.2 Å². The lowest BCUT2D eigenvalue weighted by atomic mass is 10.0. The predicted octanol–water partition coefficient (Wildman–Crippen LogP) is 2.56. The number of hydrogen-bond donors (Lipinski definition) is 0. The van der Waals surface area contributed by atoms with Crippen molar-refractivity contribution in [3.63, 3.8) is 0 Å². The highest BCUT2D eigenvalue weighted by Gasteiger charge is 2.30. The molecule has 3 heterocycles. The van der Waals surface area contributed by atoms with E-state index in [4.69, 9.17) is 11.6 Å². The van der Waals surface area contributed by atoms with Crippen LogP contribution in [0.3, 0.4) is 0 Å². The zero-order valence-corrected chi connectivity index (χ0v) is 16.1. The summed E-state index contributed by atoms with van der Waals surface area (Å²) in [6, 6.07) is 8.47. The van der Waals surface area contributed by atoms with Gasteiger partial charge < -0.3 is 9.80 Å². The topological polar surface area (TPSA) is 52.6 Å². The van der Waals surface area contributed by atoms with Gasteiger partial charge in [-0.1, -0.05) is 17.7 Å². The number of piperidine rings is 1. The molecule has 1 aromatic heterocycles. The molecule has 7 heteroatoms.